The first kappa shape index (κ1) is 11.9. The first-order valence-electron chi connectivity index (χ1n) is 6.10. The van der Waals surface area contributed by atoms with Crippen molar-refractivity contribution < 1.29 is 9.59 Å². The van der Waals surface area contributed by atoms with Crippen LogP contribution in [0.25, 0.3) is 0 Å². The summed E-state index contributed by atoms with van der Waals surface area (Å²) in [5, 5.41) is 4.51. The van der Waals surface area contributed by atoms with Crippen LogP contribution in [0.4, 0.5) is 0 Å². The van der Waals surface area contributed by atoms with Crippen molar-refractivity contribution in [2.75, 3.05) is 6.54 Å². The standard InChI is InChI=1S/C12H14BrN3O2/c1-7(17)15-4-3-10-8(6-15)11-12(18)9(13)2-5-16(11)14-10/h9H,2-6H2,1H3. The van der Waals surface area contributed by atoms with E-state index in [-0.39, 0.29) is 16.5 Å². The van der Waals surface area contributed by atoms with Gasteiger partial charge in [-0.25, -0.2) is 0 Å². The van der Waals surface area contributed by atoms with Crippen LogP contribution in [0.2, 0.25) is 0 Å². The van der Waals surface area contributed by atoms with Crippen LogP contribution in [0.3, 0.4) is 0 Å². The molecule has 0 spiro atoms. The third kappa shape index (κ3) is 1.70. The molecule has 2 aliphatic rings. The average Bonchev–Trinajstić information content (AvgIpc) is 2.71. The molecule has 0 fully saturated rings. The SMILES string of the molecule is CC(=O)N1CCc2nn3c(c2C1)C(=O)C(Br)CC3. The maximum absolute atomic E-state index is 12.2. The highest BCUT2D eigenvalue weighted by atomic mass is 79.9. The van der Waals surface area contributed by atoms with E-state index in [2.05, 4.69) is 21.0 Å². The van der Waals surface area contributed by atoms with Gasteiger partial charge in [-0.05, 0) is 6.42 Å². The molecule has 1 amide bonds. The number of ketones is 1. The van der Waals surface area contributed by atoms with Crippen molar-refractivity contribution in [1.29, 1.82) is 0 Å². The predicted octanol–water partition coefficient (Wildman–Crippen LogP) is 1.14. The highest BCUT2D eigenvalue weighted by molar-refractivity contribution is 9.10. The van der Waals surface area contributed by atoms with Gasteiger partial charge in [-0.3, -0.25) is 14.3 Å². The lowest BCUT2D eigenvalue weighted by atomic mass is 9.99. The van der Waals surface area contributed by atoms with Gasteiger partial charge < -0.3 is 4.90 Å². The largest absolute Gasteiger partial charge is 0.338 e. The van der Waals surface area contributed by atoms with Gasteiger partial charge in [0.25, 0.3) is 0 Å². The Balaban J connectivity index is 2.04. The van der Waals surface area contributed by atoms with Crippen LogP contribution in [-0.2, 0) is 24.3 Å². The van der Waals surface area contributed by atoms with Crippen LogP contribution in [0.5, 0.6) is 0 Å². The number of aromatic nitrogens is 2. The molecule has 6 heteroatoms. The molecule has 0 aromatic carbocycles. The number of nitrogens with zero attached hydrogens (tertiary/aromatic N) is 3. The van der Waals surface area contributed by atoms with Gasteiger partial charge in [-0.2, -0.15) is 5.10 Å². The summed E-state index contributed by atoms with van der Waals surface area (Å²) in [5.41, 5.74) is 2.63. The number of alkyl halides is 1. The smallest absolute Gasteiger partial charge is 0.219 e. The van der Waals surface area contributed by atoms with Crippen molar-refractivity contribution in [2.45, 2.75) is 37.7 Å². The Kier molecular flexibility index (Phi) is 2.77. The molecule has 1 aromatic heterocycles. The minimum Gasteiger partial charge on any atom is -0.338 e. The first-order valence-corrected chi connectivity index (χ1v) is 7.02. The number of hydrogen-bond acceptors (Lipinski definition) is 3. The van der Waals surface area contributed by atoms with Gasteiger partial charge in [0, 0.05) is 38.5 Å². The summed E-state index contributed by atoms with van der Waals surface area (Å²) < 4.78 is 1.81. The summed E-state index contributed by atoms with van der Waals surface area (Å²) in [7, 11) is 0. The fourth-order valence-electron chi connectivity index (χ4n) is 2.65. The van der Waals surface area contributed by atoms with Crippen molar-refractivity contribution in [2.24, 2.45) is 0 Å². The van der Waals surface area contributed by atoms with E-state index in [0.717, 1.165) is 30.6 Å². The van der Waals surface area contributed by atoms with E-state index >= 15 is 0 Å². The van der Waals surface area contributed by atoms with Gasteiger partial charge in [0.2, 0.25) is 5.91 Å². The van der Waals surface area contributed by atoms with Crippen LogP contribution in [0.1, 0.15) is 35.1 Å². The summed E-state index contributed by atoms with van der Waals surface area (Å²) >= 11 is 3.41. The molecule has 0 N–H and O–H groups in total. The number of aryl methyl sites for hydroxylation is 1. The molecule has 5 nitrogen and oxygen atoms in total. The molecule has 0 radical (unpaired) electrons. The zero-order chi connectivity index (χ0) is 12.9. The molecule has 0 bridgehead atoms. The molecule has 0 saturated heterocycles. The van der Waals surface area contributed by atoms with Crippen molar-refractivity contribution >= 4 is 27.6 Å². The Morgan fingerprint density at radius 3 is 2.94 bits per heavy atom. The average molecular weight is 312 g/mol. The van der Waals surface area contributed by atoms with Gasteiger partial charge in [0.05, 0.1) is 10.5 Å². The Bertz CT molecular complexity index is 538. The number of fused-ring (bicyclic) bond motifs is 3. The molecule has 1 aromatic rings. The summed E-state index contributed by atoms with van der Waals surface area (Å²) in [5.74, 6) is 0.152. The summed E-state index contributed by atoms with van der Waals surface area (Å²) in [6, 6.07) is 0. The molecular formula is C12H14BrN3O2. The third-order valence-electron chi connectivity index (χ3n) is 3.66. The number of halogens is 1. The number of rotatable bonds is 0. The Hall–Kier alpha value is -1.17. The first-order chi connectivity index (χ1) is 8.58. The third-order valence-corrected chi connectivity index (χ3v) is 4.53. The number of amides is 1. The zero-order valence-corrected chi connectivity index (χ0v) is 11.7. The van der Waals surface area contributed by atoms with Crippen molar-refractivity contribution in [1.82, 2.24) is 14.7 Å². The molecule has 1 unspecified atom stereocenters. The monoisotopic (exact) mass is 311 g/mol. The zero-order valence-electron chi connectivity index (χ0n) is 10.1. The van der Waals surface area contributed by atoms with E-state index in [1.807, 2.05) is 4.68 Å². The van der Waals surface area contributed by atoms with Crippen LogP contribution in [-0.4, -0.2) is 37.7 Å². The summed E-state index contributed by atoms with van der Waals surface area (Å²) in [6.45, 7) is 3.55. The fourth-order valence-corrected chi connectivity index (χ4v) is 3.07. The number of hydrogen-bond donors (Lipinski definition) is 0. The topological polar surface area (TPSA) is 55.2 Å². The van der Waals surface area contributed by atoms with Gasteiger partial charge in [-0.1, -0.05) is 15.9 Å². The maximum Gasteiger partial charge on any atom is 0.219 e. The molecule has 3 heterocycles. The number of carbonyl (C=O) groups excluding carboxylic acids is 2. The van der Waals surface area contributed by atoms with Crippen LogP contribution < -0.4 is 0 Å². The summed E-state index contributed by atoms with van der Waals surface area (Å²) in [6.07, 6.45) is 1.53. The molecule has 96 valence electrons. The number of carbonyl (C=O) groups is 2. The van der Waals surface area contributed by atoms with Gasteiger partial charge in [0.1, 0.15) is 5.69 Å². The molecule has 0 saturated carbocycles. The lowest BCUT2D eigenvalue weighted by Gasteiger charge is -2.26. The van der Waals surface area contributed by atoms with Crippen LogP contribution in [0, 0.1) is 0 Å². The Morgan fingerprint density at radius 2 is 2.22 bits per heavy atom. The van der Waals surface area contributed by atoms with Crippen LogP contribution in [0.15, 0.2) is 0 Å². The van der Waals surface area contributed by atoms with Crippen molar-refractivity contribution in [3.8, 4) is 0 Å². The summed E-state index contributed by atoms with van der Waals surface area (Å²) in [4.78, 5) is 25.3. The molecule has 3 rings (SSSR count). The van der Waals surface area contributed by atoms with E-state index < -0.39 is 0 Å². The lowest BCUT2D eigenvalue weighted by Crippen LogP contribution is -2.35. The fraction of sp³-hybridized carbons (Fsp3) is 0.583. The quantitative estimate of drug-likeness (QED) is 0.675. The minimum atomic E-state index is -0.112. The molecule has 18 heavy (non-hydrogen) atoms. The maximum atomic E-state index is 12.2. The molecule has 1 atom stereocenters. The highest BCUT2D eigenvalue weighted by Gasteiger charge is 2.34. The second kappa shape index (κ2) is 4.19. The second-order valence-electron chi connectivity index (χ2n) is 4.81. The molecule has 2 aliphatic heterocycles. The van der Waals surface area contributed by atoms with E-state index in [1.165, 1.54) is 0 Å². The second-order valence-corrected chi connectivity index (χ2v) is 5.91. The van der Waals surface area contributed by atoms with E-state index in [1.54, 1.807) is 11.8 Å². The number of Topliss-reactive ketones (excluding diaryl/α,β-unsaturated/α-hetero) is 1. The minimum absolute atomic E-state index is 0.0549. The van der Waals surface area contributed by atoms with Gasteiger partial charge >= 0.3 is 0 Å². The Morgan fingerprint density at radius 1 is 1.44 bits per heavy atom. The molecule has 0 aliphatic carbocycles. The van der Waals surface area contributed by atoms with E-state index in [0.29, 0.717) is 18.8 Å². The van der Waals surface area contributed by atoms with Gasteiger partial charge in [-0.15, -0.1) is 0 Å². The van der Waals surface area contributed by atoms with Crippen molar-refractivity contribution in [3.05, 3.63) is 17.0 Å². The van der Waals surface area contributed by atoms with E-state index in [4.69, 9.17) is 0 Å². The van der Waals surface area contributed by atoms with Gasteiger partial charge in [0.15, 0.2) is 5.78 Å². The normalized spacial score (nSPS) is 22.7. The lowest BCUT2D eigenvalue weighted by molar-refractivity contribution is -0.129. The molecular weight excluding hydrogens is 298 g/mol. The predicted molar refractivity (Wildman–Crippen MR) is 68.7 cm³/mol. The highest BCUT2D eigenvalue weighted by Crippen LogP contribution is 2.29. The van der Waals surface area contributed by atoms with E-state index in [9.17, 15) is 9.59 Å². The van der Waals surface area contributed by atoms with Crippen LogP contribution >= 0.6 is 15.9 Å². The Labute approximate surface area is 113 Å². The van der Waals surface area contributed by atoms with Crippen molar-refractivity contribution in [3.63, 3.8) is 0 Å².